The zero-order valence-corrected chi connectivity index (χ0v) is 20.3. The third-order valence-corrected chi connectivity index (χ3v) is 6.63. The highest BCUT2D eigenvalue weighted by Gasteiger charge is 2.30. The standard InChI is InChI=1S/C28H27F3N2OS/c1-19-7-6-16-33(18-19)25(27(35)32-24-11-5-10-23(17-24)28(29,30)31)26(34)22-14-12-21(13-15-22)20-8-3-2-4-9-20/h5-7,10-18,20H,2-4,8-9H2,1H3,(H-,32,34,35). The van der Waals surface area contributed by atoms with Gasteiger partial charge in [0.15, 0.2) is 17.4 Å². The van der Waals surface area contributed by atoms with Crippen LogP contribution in [0.5, 0.6) is 0 Å². The van der Waals surface area contributed by atoms with Gasteiger partial charge in [0.05, 0.1) is 5.56 Å². The summed E-state index contributed by atoms with van der Waals surface area (Å²) in [5.74, 6) is 0.214. The summed E-state index contributed by atoms with van der Waals surface area (Å²) in [6.45, 7) is 1.89. The number of rotatable bonds is 5. The van der Waals surface area contributed by atoms with Crippen LogP contribution >= 0.6 is 12.2 Å². The lowest BCUT2D eigenvalue weighted by Gasteiger charge is -2.23. The summed E-state index contributed by atoms with van der Waals surface area (Å²) in [7, 11) is 0. The summed E-state index contributed by atoms with van der Waals surface area (Å²) >= 11 is 5.55. The minimum absolute atomic E-state index is 0.0429. The highest BCUT2D eigenvalue weighted by Crippen LogP contribution is 2.33. The summed E-state index contributed by atoms with van der Waals surface area (Å²) in [6, 6.07) is 16.1. The van der Waals surface area contributed by atoms with Crippen molar-refractivity contribution in [2.75, 3.05) is 5.32 Å². The van der Waals surface area contributed by atoms with E-state index in [1.807, 2.05) is 37.3 Å². The first kappa shape index (κ1) is 24.9. The van der Waals surface area contributed by atoms with Gasteiger partial charge in [-0.15, -0.1) is 0 Å². The fraction of sp³-hybridized carbons (Fsp3) is 0.286. The molecule has 1 aliphatic rings. The fourth-order valence-electron chi connectivity index (χ4n) is 4.51. The number of hydrogen-bond acceptors (Lipinski definition) is 2. The van der Waals surface area contributed by atoms with Crippen LogP contribution in [-0.2, 0) is 6.18 Å². The van der Waals surface area contributed by atoms with Crippen LogP contribution in [0, 0.1) is 6.92 Å². The van der Waals surface area contributed by atoms with Crippen LogP contribution in [-0.4, -0.2) is 4.99 Å². The molecule has 1 N–H and O–H groups in total. The minimum Gasteiger partial charge on any atom is -0.867 e. The summed E-state index contributed by atoms with van der Waals surface area (Å²) in [5.41, 5.74) is 2.16. The molecule has 1 aromatic heterocycles. The van der Waals surface area contributed by atoms with Gasteiger partial charge in [-0.3, -0.25) is 0 Å². The second-order valence-electron chi connectivity index (χ2n) is 8.96. The number of halogens is 3. The molecule has 7 heteroatoms. The number of alkyl halides is 3. The van der Waals surface area contributed by atoms with Crippen LogP contribution in [0.3, 0.4) is 0 Å². The second kappa shape index (κ2) is 10.6. The summed E-state index contributed by atoms with van der Waals surface area (Å²) in [6.07, 6.45) is 5.04. The van der Waals surface area contributed by atoms with Crippen LogP contribution in [0.2, 0.25) is 0 Å². The maximum atomic E-state index is 13.6. The molecule has 0 aliphatic heterocycles. The molecular formula is C28H27F3N2OS. The number of aromatic nitrogens is 1. The Bertz CT molecular complexity index is 1230. The topological polar surface area (TPSA) is 39.0 Å². The van der Waals surface area contributed by atoms with Gasteiger partial charge in [-0.25, -0.2) is 0 Å². The summed E-state index contributed by atoms with van der Waals surface area (Å²) < 4.78 is 41.1. The predicted octanol–water partition coefficient (Wildman–Crippen LogP) is 6.47. The first-order valence-electron chi connectivity index (χ1n) is 11.7. The number of hydrogen-bond donors (Lipinski definition) is 1. The van der Waals surface area contributed by atoms with E-state index in [4.69, 9.17) is 12.2 Å². The summed E-state index contributed by atoms with van der Waals surface area (Å²) in [4.78, 5) is 0.0429. The first-order chi connectivity index (χ1) is 16.7. The highest BCUT2D eigenvalue weighted by molar-refractivity contribution is 7.81. The van der Waals surface area contributed by atoms with Gasteiger partial charge < -0.3 is 10.4 Å². The van der Waals surface area contributed by atoms with Gasteiger partial charge >= 0.3 is 6.18 Å². The lowest BCUT2D eigenvalue weighted by atomic mass is 9.84. The van der Waals surface area contributed by atoms with E-state index in [1.54, 1.807) is 23.0 Å². The normalized spacial score (nSPS) is 15.4. The SMILES string of the molecule is Cc1ccc[n+](C(C(=S)Nc2cccc(C(F)(F)F)c2)=C([O-])c2ccc(C3CCCCC3)cc2)c1. The lowest BCUT2D eigenvalue weighted by Crippen LogP contribution is -2.40. The number of anilines is 1. The zero-order valence-electron chi connectivity index (χ0n) is 19.4. The van der Waals surface area contributed by atoms with Crippen molar-refractivity contribution < 1.29 is 22.8 Å². The van der Waals surface area contributed by atoms with E-state index in [9.17, 15) is 18.3 Å². The third-order valence-electron chi connectivity index (χ3n) is 6.33. The number of thiocarbonyl (C=S) groups is 1. The Morgan fingerprint density at radius 3 is 2.37 bits per heavy atom. The van der Waals surface area contributed by atoms with Crippen molar-refractivity contribution in [1.82, 2.24) is 0 Å². The van der Waals surface area contributed by atoms with Crippen molar-refractivity contribution in [3.8, 4) is 0 Å². The van der Waals surface area contributed by atoms with Gasteiger partial charge in [-0.05, 0) is 66.8 Å². The monoisotopic (exact) mass is 496 g/mol. The zero-order chi connectivity index (χ0) is 25.0. The Morgan fingerprint density at radius 1 is 1.00 bits per heavy atom. The van der Waals surface area contributed by atoms with E-state index >= 15 is 0 Å². The van der Waals surface area contributed by atoms with Gasteiger partial charge in [-0.1, -0.05) is 61.8 Å². The van der Waals surface area contributed by atoms with Gasteiger partial charge in [0.2, 0.25) is 5.70 Å². The molecule has 1 aliphatic carbocycles. The lowest BCUT2D eigenvalue weighted by molar-refractivity contribution is -0.578. The molecule has 0 amide bonds. The van der Waals surface area contributed by atoms with Crippen LogP contribution in [0.1, 0.15) is 60.3 Å². The van der Waals surface area contributed by atoms with Gasteiger partial charge in [0.1, 0.15) is 0 Å². The molecule has 0 radical (unpaired) electrons. The van der Waals surface area contributed by atoms with Crippen molar-refractivity contribution in [3.05, 3.63) is 95.3 Å². The Morgan fingerprint density at radius 2 is 1.71 bits per heavy atom. The maximum Gasteiger partial charge on any atom is 0.416 e. The van der Waals surface area contributed by atoms with Crippen molar-refractivity contribution in [1.29, 1.82) is 0 Å². The number of nitrogens with one attached hydrogen (secondary N) is 1. The molecule has 1 heterocycles. The predicted molar refractivity (Wildman–Crippen MR) is 134 cm³/mol. The molecule has 0 atom stereocenters. The van der Waals surface area contributed by atoms with Crippen molar-refractivity contribution >= 4 is 34.3 Å². The highest BCUT2D eigenvalue weighted by atomic mass is 32.1. The third kappa shape index (κ3) is 6.09. The number of pyridine rings is 1. The van der Waals surface area contributed by atoms with Crippen LogP contribution in [0.15, 0.2) is 73.1 Å². The van der Waals surface area contributed by atoms with Crippen molar-refractivity contribution in [3.63, 3.8) is 0 Å². The first-order valence-corrected chi connectivity index (χ1v) is 12.1. The molecule has 182 valence electrons. The van der Waals surface area contributed by atoms with Crippen molar-refractivity contribution in [2.24, 2.45) is 0 Å². The Hall–Kier alpha value is -3.19. The molecule has 4 rings (SSSR count). The second-order valence-corrected chi connectivity index (χ2v) is 9.36. The number of nitrogens with zero attached hydrogens (tertiary/aromatic N) is 1. The van der Waals surface area contributed by atoms with E-state index in [0.29, 0.717) is 11.5 Å². The molecule has 2 aromatic carbocycles. The Balaban J connectivity index is 1.69. The largest absolute Gasteiger partial charge is 0.867 e. The average molecular weight is 497 g/mol. The Kier molecular flexibility index (Phi) is 7.55. The molecule has 0 bridgehead atoms. The van der Waals surface area contributed by atoms with E-state index in [0.717, 1.165) is 30.5 Å². The Labute approximate surface area is 208 Å². The van der Waals surface area contributed by atoms with E-state index in [-0.39, 0.29) is 22.1 Å². The smallest absolute Gasteiger partial charge is 0.416 e. The molecular weight excluding hydrogens is 469 g/mol. The van der Waals surface area contributed by atoms with Crippen LogP contribution in [0.25, 0.3) is 11.5 Å². The van der Waals surface area contributed by atoms with Crippen LogP contribution < -0.4 is 15.0 Å². The molecule has 0 saturated heterocycles. The molecule has 3 aromatic rings. The van der Waals surface area contributed by atoms with Crippen LogP contribution in [0.4, 0.5) is 18.9 Å². The summed E-state index contributed by atoms with van der Waals surface area (Å²) in [5, 5.41) is 16.5. The van der Waals surface area contributed by atoms with Crippen molar-refractivity contribution in [2.45, 2.75) is 51.1 Å². The molecule has 1 fully saturated rings. The quantitative estimate of drug-likeness (QED) is 0.190. The van der Waals surface area contributed by atoms with E-state index < -0.39 is 11.7 Å². The fourth-order valence-corrected chi connectivity index (χ4v) is 4.83. The van der Waals surface area contributed by atoms with Gasteiger partial charge in [-0.2, -0.15) is 17.7 Å². The van der Waals surface area contributed by atoms with E-state index in [2.05, 4.69) is 5.32 Å². The molecule has 0 spiro atoms. The van der Waals surface area contributed by atoms with Gasteiger partial charge in [0, 0.05) is 17.3 Å². The molecule has 1 saturated carbocycles. The average Bonchev–Trinajstić information content (AvgIpc) is 2.84. The molecule has 0 unspecified atom stereocenters. The minimum atomic E-state index is -4.48. The van der Waals surface area contributed by atoms with Gasteiger partial charge in [0.25, 0.3) is 0 Å². The maximum absolute atomic E-state index is 13.6. The number of benzene rings is 2. The number of aryl methyl sites for hydroxylation is 1. The van der Waals surface area contributed by atoms with E-state index in [1.165, 1.54) is 37.0 Å². The molecule has 35 heavy (non-hydrogen) atoms. The molecule has 3 nitrogen and oxygen atoms in total.